The number of carbonyl (C=O) groups is 1. The lowest BCUT2D eigenvalue weighted by Crippen LogP contribution is -2.22. The smallest absolute Gasteiger partial charge is 0.133 e. The van der Waals surface area contributed by atoms with Crippen LogP contribution in [-0.4, -0.2) is 12.9 Å². The molecule has 0 atom stereocenters. The summed E-state index contributed by atoms with van der Waals surface area (Å²) >= 11 is 0. The number of methoxy groups -OCH3 is 1. The zero-order chi connectivity index (χ0) is 12.2. The van der Waals surface area contributed by atoms with E-state index in [0.29, 0.717) is 12.8 Å². The third-order valence-electron chi connectivity index (χ3n) is 2.87. The van der Waals surface area contributed by atoms with E-state index >= 15 is 0 Å². The molecule has 0 saturated carbocycles. The summed E-state index contributed by atoms with van der Waals surface area (Å²) < 4.78 is 5.34. The fraction of sp³-hybridized carbons (Fsp3) is 0.500. The Labute approximate surface area is 97.6 Å². The molecule has 0 amide bonds. The van der Waals surface area contributed by atoms with E-state index in [1.807, 2.05) is 31.2 Å². The largest absolute Gasteiger partial charge is 0.496 e. The lowest BCUT2D eigenvalue weighted by Gasteiger charge is -2.26. The van der Waals surface area contributed by atoms with Crippen LogP contribution in [0.15, 0.2) is 24.3 Å². The number of benzene rings is 1. The highest BCUT2D eigenvalue weighted by atomic mass is 16.5. The molecule has 0 unspecified atom stereocenters. The highest BCUT2D eigenvalue weighted by Crippen LogP contribution is 2.34. The average Bonchev–Trinajstić information content (AvgIpc) is 2.28. The van der Waals surface area contributed by atoms with E-state index in [4.69, 9.17) is 4.74 Å². The van der Waals surface area contributed by atoms with Crippen molar-refractivity contribution in [2.45, 2.75) is 39.0 Å². The maximum Gasteiger partial charge on any atom is 0.133 e. The lowest BCUT2D eigenvalue weighted by molar-refractivity contribution is -0.119. The van der Waals surface area contributed by atoms with Gasteiger partial charge in [-0.25, -0.2) is 0 Å². The molecule has 88 valence electrons. The molecule has 1 rings (SSSR count). The minimum Gasteiger partial charge on any atom is -0.496 e. The molecule has 0 radical (unpaired) electrons. The molecule has 0 N–H and O–H groups in total. The number of ketones is 1. The minimum atomic E-state index is -0.167. The van der Waals surface area contributed by atoms with Crippen LogP contribution in [0.1, 0.15) is 39.2 Å². The van der Waals surface area contributed by atoms with Gasteiger partial charge in [0.05, 0.1) is 7.11 Å². The summed E-state index contributed by atoms with van der Waals surface area (Å²) in [5, 5.41) is 0. The molecule has 2 heteroatoms. The van der Waals surface area contributed by atoms with Crippen LogP contribution in [0.3, 0.4) is 0 Å². The Morgan fingerprint density at radius 3 is 2.50 bits per heavy atom. The molecule has 0 spiro atoms. The predicted octanol–water partition coefficient (Wildman–Crippen LogP) is 3.34. The molecule has 0 bridgehead atoms. The van der Waals surface area contributed by atoms with Crippen LogP contribution in [0.25, 0.3) is 0 Å². The number of hydrogen-bond acceptors (Lipinski definition) is 2. The number of carbonyl (C=O) groups excluding carboxylic acids is 1. The molecule has 0 aromatic heterocycles. The third-order valence-corrected chi connectivity index (χ3v) is 2.87. The molecular weight excluding hydrogens is 200 g/mol. The topological polar surface area (TPSA) is 26.3 Å². The molecule has 1 aromatic rings. The van der Waals surface area contributed by atoms with Gasteiger partial charge in [-0.05, 0) is 6.07 Å². The number of ether oxygens (including phenoxy) is 1. The third kappa shape index (κ3) is 2.84. The van der Waals surface area contributed by atoms with Crippen molar-refractivity contribution < 1.29 is 9.53 Å². The van der Waals surface area contributed by atoms with Gasteiger partial charge in [0.15, 0.2) is 0 Å². The van der Waals surface area contributed by atoms with Crippen LogP contribution < -0.4 is 4.74 Å². The van der Waals surface area contributed by atoms with Gasteiger partial charge in [0.2, 0.25) is 0 Å². The van der Waals surface area contributed by atoms with Crippen molar-refractivity contribution in [3.63, 3.8) is 0 Å². The van der Waals surface area contributed by atoms with Crippen LogP contribution in [-0.2, 0) is 10.2 Å². The molecular formula is C14H20O2. The Hall–Kier alpha value is -1.31. The molecule has 0 aliphatic heterocycles. The van der Waals surface area contributed by atoms with Crippen molar-refractivity contribution in [3.05, 3.63) is 29.8 Å². The maximum absolute atomic E-state index is 11.6. The lowest BCUT2D eigenvalue weighted by atomic mass is 9.79. The Morgan fingerprint density at radius 1 is 1.31 bits per heavy atom. The van der Waals surface area contributed by atoms with E-state index in [9.17, 15) is 4.79 Å². The average molecular weight is 220 g/mol. The number of para-hydroxylation sites is 1. The van der Waals surface area contributed by atoms with E-state index in [1.54, 1.807) is 7.11 Å². The van der Waals surface area contributed by atoms with Gasteiger partial charge in [-0.3, -0.25) is 4.79 Å². The first-order valence-electron chi connectivity index (χ1n) is 5.66. The van der Waals surface area contributed by atoms with Crippen LogP contribution in [0, 0.1) is 0 Å². The second-order valence-corrected chi connectivity index (χ2v) is 4.65. The second kappa shape index (κ2) is 5.15. The van der Waals surface area contributed by atoms with E-state index in [-0.39, 0.29) is 11.2 Å². The quantitative estimate of drug-likeness (QED) is 0.760. The van der Waals surface area contributed by atoms with Crippen molar-refractivity contribution in [1.82, 2.24) is 0 Å². The second-order valence-electron chi connectivity index (χ2n) is 4.65. The van der Waals surface area contributed by atoms with Gasteiger partial charge in [0.25, 0.3) is 0 Å². The molecule has 0 fully saturated rings. The number of hydrogen-bond donors (Lipinski definition) is 0. The first-order valence-corrected chi connectivity index (χ1v) is 5.66. The van der Waals surface area contributed by atoms with Gasteiger partial charge in [0, 0.05) is 23.8 Å². The van der Waals surface area contributed by atoms with Crippen LogP contribution >= 0.6 is 0 Å². The molecule has 0 aliphatic rings. The molecule has 0 saturated heterocycles. The van der Waals surface area contributed by atoms with Crippen molar-refractivity contribution in [3.8, 4) is 5.75 Å². The van der Waals surface area contributed by atoms with Gasteiger partial charge in [-0.1, -0.05) is 39.0 Å². The summed E-state index contributed by atoms with van der Waals surface area (Å²) in [7, 11) is 1.66. The molecule has 2 nitrogen and oxygen atoms in total. The first-order chi connectivity index (χ1) is 7.51. The van der Waals surface area contributed by atoms with Gasteiger partial charge < -0.3 is 4.74 Å². The van der Waals surface area contributed by atoms with Gasteiger partial charge in [-0.2, -0.15) is 0 Å². The highest BCUT2D eigenvalue weighted by Gasteiger charge is 2.26. The van der Waals surface area contributed by atoms with E-state index in [0.717, 1.165) is 11.3 Å². The molecule has 0 aliphatic carbocycles. The zero-order valence-corrected chi connectivity index (χ0v) is 10.5. The summed E-state index contributed by atoms with van der Waals surface area (Å²) in [5.74, 6) is 1.15. The number of Topliss-reactive ketones (excluding diaryl/α,β-unsaturated/α-hetero) is 1. The Morgan fingerprint density at radius 2 is 1.94 bits per heavy atom. The fourth-order valence-electron chi connectivity index (χ4n) is 1.92. The Kier molecular flexibility index (Phi) is 4.11. The van der Waals surface area contributed by atoms with Crippen LogP contribution in [0.2, 0.25) is 0 Å². The molecule has 16 heavy (non-hydrogen) atoms. The summed E-state index contributed by atoms with van der Waals surface area (Å²) in [4.78, 5) is 11.6. The monoisotopic (exact) mass is 220 g/mol. The summed E-state index contributed by atoms with van der Waals surface area (Å²) in [5.41, 5.74) is 0.930. The number of rotatable bonds is 5. The van der Waals surface area contributed by atoms with Gasteiger partial charge >= 0.3 is 0 Å². The summed E-state index contributed by atoms with van der Waals surface area (Å²) in [6.07, 6.45) is 1.16. The normalized spacial score (nSPS) is 11.2. The van der Waals surface area contributed by atoms with Gasteiger partial charge in [-0.15, -0.1) is 0 Å². The minimum absolute atomic E-state index is 0.167. The van der Waals surface area contributed by atoms with Gasteiger partial charge in [0.1, 0.15) is 11.5 Å². The Balaban J connectivity index is 3.01. The molecule has 1 aromatic carbocycles. The first kappa shape index (κ1) is 12.8. The molecule has 0 heterocycles. The van der Waals surface area contributed by atoms with Crippen molar-refractivity contribution in [2.75, 3.05) is 7.11 Å². The maximum atomic E-state index is 11.6. The van der Waals surface area contributed by atoms with Crippen LogP contribution in [0.5, 0.6) is 5.75 Å². The van der Waals surface area contributed by atoms with Crippen molar-refractivity contribution in [1.29, 1.82) is 0 Å². The van der Waals surface area contributed by atoms with Crippen LogP contribution in [0.4, 0.5) is 0 Å². The van der Waals surface area contributed by atoms with E-state index < -0.39 is 0 Å². The Bertz CT molecular complexity index is 367. The van der Waals surface area contributed by atoms with E-state index in [1.165, 1.54) is 0 Å². The summed E-state index contributed by atoms with van der Waals surface area (Å²) in [6.45, 7) is 6.07. The van der Waals surface area contributed by atoms with E-state index in [2.05, 4.69) is 13.8 Å². The highest BCUT2D eigenvalue weighted by molar-refractivity contribution is 5.79. The van der Waals surface area contributed by atoms with Crippen molar-refractivity contribution in [2.24, 2.45) is 0 Å². The predicted molar refractivity (Wildman–Crippen MR) is 65.9 cm³/mol. The summed E-state index contributed by atoms with van der Waals surface area (Å²) in [6, 6.07) is 7.89. The SMILES string of the molecule is CCC(=O)CC(C)(C)c1ccccc1OC. The standard InChI is InChI=1S/C14H20O2/c1-5-11(15)10-14(2,3)12-8-6-7-9-13(12)16-4/h6-9H,5,10H2,1-4H3. The zero-order valence-electron chi connectivity index (χ0n) is 10.5. The fourth-order valence-corrected chi connectivity index (χ4v) is 1.92. The van der Waals surface area contributed by atoms with Crippen molar-refractivity contribution >= 4 is 5.78 Å².